The number of nitrogens with zero attached hydrogens (tertiary/aromatic N) is 1. The van der Waals surface area contributed by atoms with Crippen LogP contribution in [0.2, 0.25) is 0 Å². The first-order valence-corrected chi connectivity index (χ1v) is 19.4. The molecule has 0 aliphatic heterocycles. The van der Waals surface area contributed by atoms with Crippen molar-refractivity contribution in [1.82, 2.24) is 0 Å². The first kappa shape index (κ1) is 29.7. The highest BCUT2D eigenvalue weighted by Crippen LogP contribution is 2.56. The molecule has 0 unspecified atom stereocenters. The summed E-state index contributed by atoms with van der Waals surface area (Å²) in [5.41, 5.74) is 10.8. The van der Waals surface area contributed by atoms with E-state index >= 15 is 0 Å². The number of thiophene rings is 2. The lowest BCUT2D eigenvalue weighted by Gasteiger charge is -2.34. The molecule has 3 heteroatoms. The standard InChI is InChI=1S/C49H31NS2/c1-2-12-32(13-3-1)49(43-18-8-4-14-37(43)38-15-5-9-19-44(38)49)33-22-24-34(25-23-33)50(35-26-28-41-39-16-6-10-20-45(39)51-47(41)30-35)36-27-29-42-40-17-7-11-21-46(40)52-48(42)31-36/h1-31H. The molecule has 11 rings (SSSR count). The van der Waals surface area contributed by atoms with Gasteiger partial charge in [0, 0.05) is 57.4 Å². The molecule has 0 radical (unpaired) electrons. The van der Waals surface area contributed by atoms with Gasteiger partial charge in [-0.1, -0.05) is 140 Å². The quantitative estimate of drug-likeness (QED) is 0.173. The Morgan fingerprint density at radius 2 is 0.750 bits per heavy atom. The largest absolute Gasteiger partial charge is 0.310 e. The summed E-state index contributed by atoms with van der Waals surface area (Å²) >= 11 is 3.74. The van der Waals surface area contributed by atoms with Crippen molar-refractivity contribution < 1.29 is 0 Å². The molecule has 1 aliphatic carbocycles. The van der Waals surface area contributed by atoms with Crippen LogP contribution in [-0.4, -0.2) is 0 Å². The van der Waals surface area contributed by atoms with Crippen molar-refractivity contribution in [3.05, 3.63) is 210 Å². The van der Waals surface area contributed by atoms with Gasteiger partial charge in [0.2, 0.25) is 0 Å². The summed E-state index contributed by atoms with van der Waals surface area (Å²) in [7, 11) is 0. The fourth-order valence-electron chi connectivity index (χ4n) is 8.73. The molecule has 0 saturated carbocycles. The van der Waals surface area contributed by atoms with Crippen LogP contribution in [0.4, 0.5) is 17.1 Å². The molecule has 0 atom stereocenters. The molecule has 0 saturated heterocycles. The van der Waals surface area contributed by atoms with Crippen LogP contribution in [0.5, 0.6) is 0 Å². The Bertz CT molecular complexity index is 2810. The Balaban J connectivity index is 1.12. The van der Waals surface area contributed by atoms with Gasteiger partial charge in [0.25, 0.3) is 0 Å². The van der Waals surface area contributed by atoms with E-state index in [9.17, 15) is 0 Å². The molecule has 2 heterocycles. The van der Waals surface area contributed by atoms with Crippen molar-refractivity contribution in [3.8, 4) is 11.1 Å². The second kappa shape index (κ2) is 11.5. The number of anilines is 3. The van der Waals surface area contributed by atoms with E-state index in [-0.39, 0.29) is 0 Å². The van der Waals surface area contributed by atoms with Crippen LogP contribution in [0, 0.1) is 0 Å². The van der Waals surface area contributed by atoms with Crippen LogP contribution in [0.25, 0.3) is 51.5 Å². The summed E-state index contributed by atoms with van der Waals surface area (Å²) in [4.78, 5) is 2.43. The van der Waals surface area contributed by atoms with Gasteiger partial charge in [-0.05, 0) is 81.9 Å². The molecule has 0 fully saturated rings. The van der Waals surface area contributed by atoms with Crippen LogP contribution in [0.1, 0.15) is 22.3 Å². The summed E-state index contributed by atoms with van der Waals surface area (Å²) in [6.07, 6.45) is 0. The summed E-state index contributed by atoms with van der Waals surface area (Å²) in [6.45, 7) is 0. The second-order valence-electron chi connectivity index (χ2n) is 13.6. The fraction of sp³-hybridized carbons (Fsp3) is 0.0204. The van der Waals surface area contributed by atoms with E-state index in [4.69, 9.17) is 0 Å². The third-order valence-corrected chi connectivity index (χ3v) is 13.2. The molecule has 8 aromatic carbocycles. The molecular formula is C49H31NS2. The van der Waals surface area contributed by atoms with E-state index in [0.717, 1.165) is 17.1 Å². The third-order valence-electron chi connectivity index (χ3n) is 11.0. The van der Waals surface area contributed by atoms with E-state index in [1.165, 1.54) is 73.7 Å². The van der Waals surface area contributed by atoms with Gasteiger partial charge in [-0.2, -0.15) is 0 Å². The van der Waals surface area contributed by atoms with Crippen molar-refractivity contribution in [2.24, 2.45) is 0 Å². The van der Waals surface area contributed by atoms with Gasteiger partial charge in [-0.15, -0.1) is 22.7 Å². The van der Waals surface area contributed by atoms with E-state index in [1.807, 2.05) is 22.7 Å². The summed E-state index contributed by atoms with van der Waals surface area (Å²) < 4.78 is 5.23. The fourth-order valence-corrected chi connectivity index (χ4v) is 11.0. The first-order valence-electron chi connectivity index (χ1n) is 17.8. The van der Waals surface area contributed by atoms with E-state index in [2.05, 4.69) is 193 Å². The highest BCUT2D eigenvalue weighted by molar-refractivity contribution is 7.26. The Kier molecular flexibility index (Phi) is 6.57. The molecule has 10 aromatic rings. The molecule has 244 valence electrons. The molecular weight excluding hydrogens is 667 g/mol. The lowest BCUT2D eigenvalue weighted by atomic mass is 9.68. The summed E-state index contributed by atoms with van der Waals surface area (Å²) in [5, 5.41) is 5.26. The monoisotopic (exact) mass is 697 g/mol. The van der Waals surface area contributed by atoms with E-state index in [0.29, 0.717) is 0 Å². The predicted octanol–water partition coefficient (Wildman–Crippen LogP) is 14.3. The number of hydrogen-bond acceptors (Lipinski definition) is 3. The van der Waals surface area contributed by atoms with Crippen LogP contribution >= 0.6 is 22.7 Å². The van der Waals surface area contributed by atoms with Gasteiger partial charge in [-0.25, -0.2) is 0 Å². The smallest absolute Gasteiger partial charge is 0.0713 e. The van der Waals surface area contributed by atoms with Crippen molar-refractivity contribution in [3.63, 3.8) is 0 Å². The van der Waals surface area contributed by atoms with Gasteiger partial charge in [-0.3, -0.25) is 0 Å². The average molecular weight is 698 g/mol. The van der Waals surface area contributed by atoms with Crippen LogP contribution in [0.3, 0.4) is 0 Å². The Hall–Kier alpha value is -6.00. The van der Waals surface area contributed by atoms with Crippen LogP contribution in [0.15, 0.2) is 188 Å². The Morgan fingerprint density at radius 1 is 0.327 bits per heavy atom. The molecule has 1 aliphatic rings. The van der Waals surface area contributed by atoms with E-state index in [1.54, 1.807) is 0 Å². The molecule has 0 N–H and O–H groups in total. The second-order valence-corrected chi connectivity index (χ2v) is 15.8. The van der Waals surface area contributed by atoms with Gasteiger partial charge in [0.1, 0.15) is 0 Å². The molecule has 2 aromatic heterocycles. The van der Waals surface area contributed by atoms with Crippen molar-refractivity contribution in [2.75, 3.05) is 4.90 Å². The van der Waals surface area contributed by atoms with Crippen LogP contribution in [-0.2, 0) is 5.41 Å². The van der Waals surface area contributed by atoms with Crippen molar-refractivity contribution in [1.29, 1.82) is 0 Å². The predicted molar refractivity (Wildman–Crippen MR) is 224 cm³/mol. The summed E-state index contributed by atoms with van der Waals surface area (Å²) in [6, 6.07) is 69.8. The molecule has 0 amide bonds. The van der Waals surface area contributed by atoms with Gasteiger partial charge < -0.3 is 4.90 Å². The zero-order valence-electron chi connectivity index (χ0n) is 28.2. The molecule has 52 heavy (non-hydrogen) atoms. The topological polar surface area (TPSA) is 3.24 Å². The maximum absolute atomic E-state index is 2.43. The number of benzene rings is 8. The average Bonchev–Trinajstić information content (AvgIpc) is 3.87. The highest BCUT2D eigenvalue weighted by Gasteiger charge is 2.45. The Morgan fingerprint density at radius 3 is 1.31 bits per heavy atom. The number of fused-ring (bicyclic) bond motifs is 9. The van der Waals surface area contributed by atoms with Gasteiger partial charge >= 0.3 is 0 Å². The van der Waals surface area contributed by atoms with Crippen molar-refractivity contribution >= 4 is 80.1 Å². The summed E-state index contributed by atoms with van der Waals surface area (Å²) in [5.74, 6) is 0. The normalized spacial score (nSPS) is 13.2. The maximum atomic E-state index is 2.43. The van der Waals surface area contributed by atoms with Crippen molar-refractivity contribution in [2.45, 2.75) is 5.41 Å². The van der Waals surface area contributed by atoms with Gasteiger partial charge in [0.15, 0.2) is 0 Å². The number of rotatable bonds is 5. The maximum Gasteiger partial charge on any atom is 0.0713 e. The molecule has 0 spiro atoms. The minimum Gasteiger partial charge on any atom is -0.310 e. The Labute approximate surface area is 310 Å². The minimum absolute atomic E-state index is 0.427. The molecule has 0 bridgehead atoms. The highest BCUT2D eigenvalue weighted by atomic mass is 32.1. The lowest BCUT2D eigenvalue weighted by molar-refractivity contribution is 0.768. The zero-order valence-corrected chi connectivity index (χ0v) is 29.8. The third kappa shape index (κ3) is 4.27. The number of hydrogen-bond donors (Lipinski definition) is 0. The van der Waals surface area contributed by atoms with Crippen LogP contribution < -0.4 is 4.90 Å². The van der Waals surface area contributed by atoms with E-state index < -0.39 is 5.41 Å². The lowest BCUT2D eigenvalue weighted by Crippen LogP contribution is -2.28. The SMILES string of the molecule is c1ccc(C2(c3ccc(N(c4ccc5c(c4)sc4ccccc45)c4ccc5c(c4)sc4ccccc45)cc3)c3ccccc3-c3ccccc32)cc1. The zero-order chi connectivity index (χ0) is 34.2. The van der Waals surface area contributed by atoms with Gasteiger partial charge in [0.05, 0.1) is 5.41 Å². The molecule has 1 nitrogen and oxygen atoms in total. The minimum atomic E-state index is -0.427. The first-order chi connectivity index (χ1) is 25.8.